The topological polar surface area (TPSA) is 88.9 Å². The summed E-state index contributed by atoms with van der Waals surface area (Å²) < 4.78 is 0. The van der Waals surface area contributed by atoms with Gasteiger partial charge in [0.05, 0.1) is 11.4 Å². The summed E-state index contributed by atoms with van der Waals surface area (Å²) in [6.07, 6.45) is 0. The third-order valence-corrected chi connectivity index (χ3v) is 4.03. The minimum atomic E-state index is -0.337. The predicted octanol–water partition coefficient (Wildman–Crippen LogP) is 3.40. The lowest BCUT2D eigenvalue weighted by molar-refractivity contribution is -0.114. The van der Waals surface area contributed by atoms with E-state index in [4.69, 9.17) is 0 Å². The molecule has 0 bridgehead atoms. The van der Waals surface area contributed by atoms with Crippen molar-refractivity contribution in [1.82, 2.24) is 15.0 Å². The van der Waals surface area contributed by atoms with Crippen LogP contribution >= 0.6 is 0 Å². The molecule has 0 atom stereocenters. The van der Waals surface area contributed by atoms with Gasteiger partial charge in [-0.25, -0.2) is 0 Å². The van der Waals surface area contributed by atoms with Crippen molar-refractivity contribution in [3.8, 4) is 5.69 Å². The highest BCUT2D eigenvalue weighted by Crippen LogP contribution is 2.17. The zero-order valence-corrected chi connectivity index (χ0v) is 15.7. The number of nitrogens with zero attached hydrogens (tertiary/aromatic N) is 3. The van der Waals surface area contributed by atoms with E-state index in [1.165, 1.54) is 11.7 Å². The van der Waals surface area contributed by atoms with Crippen molar-refractivity contribution in [2.45, 2.75) is 27.7 Å². The largest absolute Gasteiger partial charge is 0.326 e. The second kappa shape index (κ2) is 7.41. The molecule has 138 valence electrons. The Kier molecular flexibility index (Phi) is 5.03. The number of aromatic nitrogens is 3. The average Bonchev–Trinajstić information content (AvgIpc) is 2.98. The number of amides is 2. The van der Waals surface area contributed by atoms with Crippen LogP contribution in [0.25, 0.3) is 5.69 Å². The first-order valence-electron chi connectivity index (χ1n) is 8.54. The number of carbonyl (C=O) groups excluding carboxylic acids is 2. The maximum absolute atomic E-state index is 12.6. The number of hydrogen-bond acceptors (Lipinski definition) is 4. The van der Waals surface area contributed by atoms with Gasteiger partial charge in [-0.05, 0) is 56.7 Å². The van der Waals surface area contributed by atoms with Crippen LogP contribution < -0.4 is 10.6 Å². The molecule has 0 radical (unpaired) electrons. The molecule has 2 amide bonds. The molecule has 0 spiro atoms. The van der Waals surface area contributed by atoms with Crippen LogP contribution in [0.3, 0.4) is 0 Å². The number of hydrogen-bond donors (Lipinski definition) is 2. The Hall–Kier alpha value is -3.48. The first kappa shape index (κ1) is 18.3. The van der Waals surface area contributed by atoms with E-state index in [2.05, 4.69) is 20.8 Å². The van der Waals surface area contributed by atoms with E-state index in [-0.39, 0.29) is 17.5 Å². The minimum absolute atomic E-state index is 0.148. The van der Waals surface area contributed by atoms with Gasteiger partial charge in [0, 0.05) is 18.3 Å². The summed E-state index contributed by atoms with van der Waals surface area (Å²) >= 11 is 0. The van der Waals surface area contributed by atoms with Crippen LogP contribution in [0.4, 0.5) is 11.4 Å². The number of benzene rings is 2. The van der Waals surface area contributed by atoms with Crippen molar-refractivity contribution in [3.63, 3.8) is 0 Å². The summed E-state index contributed by atoms with van der Waals surface area (Å²) in [5, 5.41) is 14.2. The van der Waals surface area contributed by atoms with Crippen LogP contribution in [0, 0.1) is 20.8 Å². The first-order valence-corrected chi connectivity index (χ1v) is 8.54. The molecule has 1 heterocycles. The Morgan fingerprint density at radius 1 is 0.889 bits per heavy atom. The molecule has 2 aromatic carbocycles. The standard InChI is InChI=1S/C20H21N5O2/c1-12-5-10-18(13(2)11-12)25-23-14(3)19(24-25)20(27)22-17-8-6-16(7-9-17)21-15(4)26/h5-11H,1-4H3,(H,21,26)(H,22,27). The number of nitrogens with one attached hydrogen (secondary N) is 2. The number of carbonyl (C=O) groups is 2. The summed E-state index contributed by atoms with van der Waals surface area (Å²) in [5.41, 5.74) is 5.10. The molecule has 3 rings (SSSR count). The second-order valence-corrected chi connectivity index (χ2v) is 6.43. The van der Waals surface area contributed by atoms with Gasteiger partial charge >= 0.3 is 0 Å². The summed E-state index contributed by atoms with van der Waals surface area (Å²) in [7, 11) is 0. The molecule has 0 aliphatic heterocycles. The van der Waals surface area contributed by atoms with E-state index in [9.17, 15) is 9.59 Å². The molecule has 0 saturated heterocycles. The second-order valence-electron chi connectivity index (χ2n) is 6.43. The lowest BCUT2D eigenvalue weighted by atomic mass is 10.1. The average molecular weight is 363 g/mol. The van der Waals surface area contributed by atoms with Crippen LogP contribution in [0.2, 0.25) is 0 Å². The van der Waals surface area contributed by atoms with Gasteiger partial charge in [0.25, 0.3) is 5.91 Å². The van der Waals surface area contributed by atoms with E-state index in [0.29, 0.717) is 17.1 Å². The summed E-state index contributed by atoms with van der Waals surface area (Å²) in [6, 6.07) is 12.8. The molecular weight excluding hydrogens is 342 g/mol. The van der Waals surface area contributed by atoms with Gasteiger partial charge in [-0.3, -0.25) is 9.59 Å². The van der Waals surface area contributed by atoms with Gasteiger partial charge in [0.1, 0.15) is 0 Å². The maximum atomic E-state index is 12.6. The van der Waals surface area contributed by atoms with Crippen molar-refractivity contribution in [2.24, 2.45) is 0 Å². The summed E-state index contributed by atoms with van der Waals surface area (Å²) in [6.45, 7) is 7.20. The molecule has 0 aliphatic rings. The Balaban J connectivity index is 1.79. The summed E-state index contributed by atoms with van der Waals surface area (Å²) in [4.78, 5) is 25.1. The minimum Gasteiger partial charge on any atom is -0.326 e. The number of aryl methyl sites for hydroxylation is 3. The third-order valence-electron chi connectivity index (χ3n) is 4.03. The molecule has 7 nitrogen and oxygen atoms in total. The Morgan fingerprint density at radius 2 is 1.52 bits per heavy atom. The monoisotopic (exact) mass is 363 g/mol. The van der Waals surface area contributed by atoms with Gasteiger partial charge in [-0.15, -0.1) is 5.10 Å². The number of anilines is 2. The molecule has 1 aromatic heterocycles. The molecule has 27 heavy (non-hydrogen) atoms. The van der Waals surface area contributed by atoms with Gasteiger partial charge in [0.2, 0.25) is 5.91 Å². The van der Waals surface area contributed by atoms with Crippen molar-refractivity contribution in [2.75, 3.05) is 10.6 Å². The van der Waals surface area contributed by atoms with Crippen LogP contribution in [0.15, 0.2) is 42.5 Å². The number of rotatable bonds is 4. The zero-order chi connectivity index (χ0) is 19.6. The van der Waals surface area contributed by atoms with Crippen LogP contribution in [-0.4, -0.2) is 26.8 Å². The zero-order valence-electron chi connectivity index (χ0n) is 15.7. The van der Waals surface area contributed by atoms with E-state index in [0.717, 1.165) is 16.8 Å². The molecule has 0 fully saturated rings. The lowest BCUT2D eigenvalue weighted by Crippen LogP contribution is -2.14. The lowest BCUT2D eigenvalue weighted by Gasteiger charge is -2.06. The molecule has 0 saturated carbocycles. The molecule has 3 aromatic rings. The highest BCUT2D eigenvalue weighted by Gasteiger charge is 2.17. The van der Waals surface area contributed by atoms with Crippen molar-refractivity contribution in [3.05, 3.63) is 65.0 Å². The van der Waals surface area contributed by atoms with Crippen LogP contribution in [0.5, 0.6) is 0 Å². The quantitative estimate of drug-likeness (QED) is 0.743. The van der Waals surface area contributed by atoms with Gasteiger partial charge in [0.15, 0.2) is 5.69 Å². The van der Waals surface area contributed by atoms with Gasteiger partial charge in [-0.1, -0.05) is 17.7 Å². The van der Waals surface area contributed by atoms with Crippen molar-refractivity contribution < 1.29 is 9.59 Å². The molecule has 7 heteroatoms. The predicted molar refractivity (Wildman–Crippen MR) is 104 cm³/mol. The smallest absolute Gasteiger partial charge is 0.278 e. The Labute approximate surface area is 157 Å². The summed E-state index contributed by atoms with van der Waals surface area (Å²) in [5.74, 6) is -0.485. The highest BCUT2D eigenvalue weighted by molar-refractivity contribution is 6.03. The fourth-order valence-electron chi connectivity index (χ4n) is 2.76. The first-order chi connectivity index (χ1) is 12.8. The van der Waals surface area contributed by atoms with Crippen molar-refractivity contribution in [1.29, 1.82) is 0 Å². The third kappa shape index (κ3) is 4.20. The van der Waals surface area contributed by atoms with Crippen LogP contribution in [0.1, 0.15) is 34.2 Å². The normalized spacial score (nSPS) is 10.5. The Bertz CT molecular complexity index is 1010. The highest BCUT2D eigenvalue weighted by atomic mass is 16.2. The maximum Gasteiger partial charge on any atom is 0.278 e. The molecule has 2 N–H and O–H groups in total. The molecular formula is C20H21N5O2. The fraction of sp³-hybridized carbons (Fsp3) is 0.200. The fourth-order valence-corrected chi connectivity index (χ4v) is 2.76. The van der Waals surface area contributed by atoms with E-state index in [1.54, 1.807) is 31.2 Å². The van der Waals surface area contributed by atoms with E-state index >= 15 is 0 Å². The van der Waals surface area contributed by atoms with Gasteiger partial charge < -0.3 is 10.6 Å². The SMILES string of the molecule is CC(=O)Nc1ccc(NC(=O)c2nn(-c3ccc(C)cc3C)nc2C)cc1. The van der Waals surface area contributed by atoms with E-state index in [1.807, 2.05) is 32.0 Å². The van der Waals surface area contributed by atoms with Crippen molar-refractivity contribution >= 4 is 23.2 Å². The molecule has 0 aliphatic carbocycles. The Morgan fingerprint density at radius 3 is 2.11 bits per heavy atom. The molecule has 0 unspecified atom stereocenters. The van der Waals surface area contributed by atoms with Gasteiger partial charge in [-0.2, -0.15) is 9.90 Å². The van der Waals surface area contributed by atoms with E-state index < -0.39 is 0 Å². The van der Waals surface area contributed by atoms with Crippen LogP contribution in [-0.2, 0) is 4.79 Å².